The molecule has 284 valence electrons. The first kappa shape index (κ1) is 39.4. The van der Waals surface area contributed by atoms with Crippen molar-refractivity contribution in [3.63, 3.8) is 0 Å². The maximum atomic E-state index is 13.0. The van der Waals surface area contributed by atoms with Gasteiger partial charge in [-0.3, -0.25) is 39.6 Å². The van der Waals surface area contributed by atoms with Crippen LogP contribution in [0.4, 0.5) is 22.7 Å². The molecular formula is C34H42N14O6. The Morgan fingerprint density at radius 1 is 0.519 bits per heavy atom. The second-order valence-electron chi connectivity index (χ2n) is 12.2. The van der Waals surface area contributed by atoms with Gasteiger partial charge >= 0.3 is 0 Å². The molecular weight excluding hydrogens is 701 g/mol. The molecule has 4 heterocycles. The lowest BCUT2D eigenvalue weighted by molar-refractivity contribution is -0.114. The Hall–Kier alpha value is -7.38. The van der Waals surface area contributed by atoms with Crippen LogP contribution in [0.2, 0.25) is 0 Å². The van der Waals surface area contributed by atoms with E-state index in [1.807, 2.05) is 0 Å². The van der Waals surface area contributed by atoms with E-state index in [0.29, 0.717) is 11.4 Å². The highest BCUT2D eigenvalue weighted by molar-refractivity contribution is 6.09. The normalized spacial score (nSPS) is 10.8. The van der Waals surface area contributed by atoms with Crippen molar-refractivity contribution in [2.75, 3.05) is 34.4 Å². The molecule has 12 N–H and O–H groups in total. The van der Waals surface area contributed by atoms with E-state index in [1.165, 1.54) is 45.8 Å². The predicted octanol–water partition coefficient (Wildman–Crippen LogP) is 0.790. The summed E-state index contributed by atoms with van der Waals surface area (Å²) >= 11 is 0. The van der Waals surface area contributed by atoms with E-state index in [1.54, 1.807) is 49.7 Å². The lowest BCUT2D eigenvalue weighted by Crippen LogP contribution is -2.28. The van der Waals surface area contributed by atoms with Crippen LogP contribution in [0.25, 0.3) is 0 Å². The minimum absolute atomic E-state index is 0.0492. The van der Waals surface area contributed by atoms with Crippen LogP contribution < -0.4 is 43.4 Å². The summed E-state index contributed by atoms with van der Waals surface area (Å²) in [5, 5.41) is 30.4. The van der Waals surface area contributed by atoms with Gasteiger partial charge in [0.2, 0.25) is 11.8 Å². The maximum Gasteiger partial charge on any atom is 0.272 e. The predicted molar refractivity (Wildman–Crippen MR) is 202 cm³/mol. The van der Waals surface area contributed by atoms with Crippen LogP contribution >= 0.6 is 0 Å². The molecule has 6 amide bonds. The Kier molecular flexibility index (Phi) is 12.6. The number of anilines is 4. The lowest BCUT2D eigenvalue weighted by atomic mass is 10.3. The first-order chi connectivity index (χ1) is 25.5. The number of nitrogens with one attached hydrogen (secondary N) is 8. The highest BCUT2D eigenvalue weighted by atomic mass is 16.2. The second-order valence-corrected chi connectivity index (χ2v) is 12.2. The number of carbonyl (C=O) groups is 6. The highest BCUT2D eigenvalue weighted by Gasteiger charge is 2.19. The molecule has 20 heteroatoms. The molecule has 0 unspecified atom stereocenters. The first-order valence-electron chi connectivity index (χ1n) is 16.3. The van der Waals surface area contributed by atoms with Crippen LogP contribution in [0.5, 0.6) is 0 Å². The summed E-state index contributed by atoms with van der Waals surface area (Å²) in [4.78, 5) is 76.1. The lowest BCUT2D eigenvalue weighted by Gasteiger charge is -2.04. The number of aromatic nitrogens is 4. The Morgan fingerprint density at radius 2 is 0.796 bits per heavy atom. The number of hydrogen-bond donors (Lipinski definition) is 10. The molecule has 0 atom stereocenters. The third kappa shape index (κ3) is 10.6. The molecule has 4 aromatic rings. The van der Waals surface area contributed by atoms with Gasteiger partial charge in [0.15, 0.2) is 0 Å². The Bertz CT molecular complexity index is 2010. The van der Waals surface area contributed by atoms with E-state index in [0.717, 1.165) is 12.2 Å². The number of amidine groups is 2. The van der Waals surface area contributed by atoms with Crippen LogP contribution in [0, 0.1) is 10.8 Å². The molecule has 0 saturated carbocycles. The largest absolute Gasteiger partial charge is 0.388 e. The molecule has 0 spiro atoms. The molecule has 54 heavy (non-hydrogen) atoms. The van der Waals surface area contributed by atoms with Crippen molar-refractivity contribution in [3.05, 3.63) is 84.0 Å². The molecule has 0 radical (unpaired) electrons. The van der Waals surface area contributed by atoms with Gasteiger partial charge in [-0.15, -0.1) is 0 Å². The van der Waals surface area contributed by atoms with Crippen LogP contribution in [-0.2, 0) is 37.8 Å². The van der Waals surface area contributed by atoms with E-state index in [4.69, 9.17) is 22.3 Å². The van der Waals surface area contributed by atoms with Crippen molar-refractivity contribution in [1.29, 1.82) is 10.8 Å². The number of carbonyl (C=O) groups excluding carboxylic acids is 6. The van der Waals surface area contributed by atoms with Gasteiger partial charge in [-0.1, -0.05) is 0 Å². The number of nitrogens with zero attached hydrogens (tertiary/aromatic N) is 4. The minimum atomic E-state index is -0.644. The highest BCUT2D eigenvalue weighted by Crippen LogP contribution is 2.19. The van der Waals surface area contributed by atoms with Gasteiger partial charge in [0.25, 0.3) is 23.6 Å². The summed E-state index contributed by atoms with van der Waals surface area (Å²) in [6, 6.07) is 5.88. The van der Waals surface area contributed by atoms with Gasteiger partial charge in [0, 0.05) is 91.1 Å². The summed E-state index contributed by atoms with van der Waals surface area (Å²) in [5.74, 6) is -3.18. The summed E-state index contributed by atoms with van der Waals surface area (Å²) < 4.78 is 6.07. The van der Waals surface area contributed by atoms with E-state index in [2.05, 4.69) is 31.9 Å². The molecule has 0 saturated heterocycles. The molecule has 0 aliphatic rings. The second kappa shape index (κ2) is 17.2. The Balaban J connectivity index is 1.28. The average molecular weight is 744 g/mol. The summed E-state index contributed by atoms with van der Waals surface area (Å²) in [7, 11) is 6.50. The van der Waals surface area contributed by atoms with Gasteiger partial charge in [-0.25, -0.2) is 0 Å². The first-order valence-corrected chi connectivity index (χ1v) is 16.3. The number of aryl methyl sites for hydroxylation is 4. The van der Waals surface area contributed by atoms with Crippen molar-refractivity contribution in [3.8, 4) is 0 Å². The van der Waals surface area contributed by atoms with E-state index in [9.17, 15) is 28.8 Å². The summed E-state index contributed by atoms with van der Waals surface area (Å²) in [6.07, 6.45) is 8.59. The zero-order chi connectivity index (χ0) is 39.7. The van der Waals surface area contributed by atoms with Crippen LogP contribution in [0.3, 0.4) is 0 Å². The Labute approximate surface area is 308 Å². The van der Waals surface area contributed by atoms with Crippen molar-refractivity contribution in [2.45, 2.75) is 12.8 Å². The fraction of sp³-hybridized carbons (Fsp3) is 0.235. The van der Waals surface area contributed by atoms with Gasteiger partial charge in [0.1, 0.15) is 22.8 Å². The number of amides is 6. The fourth-order valence-electron chi connectivity index (χ4n) is 5.15. The zero-order valence-electron chi connectivity index (χ0n) is 30.0. The molecule has 0 aromatic carbocycles. The van der Waals surface area contributed by atoms with Crippen molar-refractivity contribution < 1.29 is 28.8 Å². The molecule has 0 aliphatic carbocycles. The van der Waals surface area contributed by atoms with E-state index in [-0.39, 0.29) is 71.8 Å². The monoisotopic (exact) mass is 743 g/mol. The SMILES string of the molecule is Cn1cc(NC(=O)c2cc(NC(=O)/C=C/C(=O)Nc3cc(C(=O)Nc4cc(C(=O)[15NH]CCC(=N)N)n(C)c4)n(C)c3)cn2C)cc1C(=O)NCCC(=N)N. The number of hydrogen-bond acceptors (Lipinski definition) is 8. The average Bonchev–Trinajstić information content (AvgIpc) is 3.84. The third-order valence-corrected chi connectivity index (χ3v) is 7.75. The topological polar surface area (TPSA) is 294 Å². The van der Waals surface area contributed by atoms with Crippen molar-refractivity contribution in [1.82, 2.24) is 28.9 Å². The van der Waals surface area contributed by atoms with Gasteiger partial charge in [-0.05, 0) is 24.3 Å². The maximum absolute atomic E-state index is 13.0. The molecule has 20 nitrogen and oxygen atoms in total. The van der Waals surface area contributed by atoms with Crippen LogP contribution in [0.15, 0.2) is 61.2 Å². The number of rotatable bonds is 16. The minimum Gasteiger partial charge on any atom is -0.388 e. The van der Waals surface area contributed by atoms with Crippen molar-refractivity contribution in [2.24, 2.45) is 39.7 Å². The molecule has 4 aromatic heterocycles. The third-order valence-electron chi connectivity index (χ3n) is 7.75. The molecule has 0 fully saturated rings. The molecule has 0 aliphatic heterocycles. The summed E-state index contributed by atoms with van der Waals surface area (Å²) in [5.41, 5.74) is 12.9. The number of nitrogens with two attached hydrogens (primary N) is 2. The van der Waals surface area contributed by atoms with Crippen LogP contribution in [0.1, 0.15) is 54.8 Å². The smallest absolute Gasteiger partial charge is 0.272 e. The Morgan fingerprint density at radius 3 is 1.09 bits per heavy atom. The molecule has 4 rings (SSSR count). The molecule has 0 bridgehead atoms. The summed E-state index contributed by atoms with van der Waals surface area (Å²) in [6.45, 7) is 0.391. The van der Waals surface area contributed by atoms with Gasteiger partial charge < -0.3 is 61.6 Å². The quantitative estimate of drug-likeness (QED) is 0.0338. The van der Waals surface area contributed by atoms with Crippen molar-refractivity contribution >= 4 is 69.9 Å². The van der Waals surface area contributed by atoms with Gasteiger partial charge in [-0.2, -0.15) is 0 Å². The van der Waals surface area contributed by atoms with E-state index >= 15 is 0 Å². The standard InChI is InChI=1S/C34H42N14O6/c1-45-17-21(13-23(45)31(51)39-9-7-27(35)36)43-33(53)25-11-19(15-47(25)3)41-29(49)5-6-30(50)42-20-12-26(48(4)16-20)34(54)44-22-14-24(46(2)18-22)32(52)40-10-8-28(37)38/h5-6,11-18H,7-10H2,1-4H3,(H3,35,36)(H3,37,38)(H,39,51)(H,40,52)(H,41,49)(H,42,50)(H,43,53)(H,44,54)/b6-5+/i39+1. The van der Waals surface area contributed by atoms with E-state index < -0.39 is 35.4 Å². The zero-order valence-corrected chi connectivity index (χ0v) is 30.0. The fourth-order valence-corrected chi connectivity index (χ4v) is 5.15. The van der Waals surface area contributed by atoms with Crippen LogP contribution in [-0.4, -0.2) is 78.5 Å². The van der Waals surface area contributed by atoms with Gasteiger partial charge in [0.05, 0.1) is 34.4 Å².